The van der Waals surface area contributed by atoms with Gasteiger partial charge in [-0.2, -0.15) is 0 Å². The Balaban J connectivity index is 2.33. The summed E-state index contributed by atoms with van der Waals surface area (Å²) < 4.78 is 0. The first-order valence-electron chi connectivity index (χ1n) is 6.29. The van der Waals surface area contributed by atoms with Gasteiger partial charge in [-0.25, -0.2) is 0 Å². The summed E-state index contributed by atoms with van der Waals surface area (Å²) in [4.78, 5) is 1.29. The van der Waals surface area contributed by atoms with E-state index < -0.39 is 0 Å². The molecule has 0 saturated heterocycles. The second-order valence-corrected chi connectivity index (χ2v) is 6.93. The Hall–Kier alpha value is -0.470. The molecule has 0 fully saturated rings. The first kappa shape index (κ1) is 14.6. The summed E-state index contributed by atoms with van der Waals surface area (Å²) in [7, 11) is 0. The lowest BCUT2D eigenvalue weighted by atomic mass is 9.91. The highest BCUT2D eigenvalue weighted by atomic mass is 32.2. The third-order valence-electron chi connectivity index (χ3n) is 2.70. The van der Waals surface area contributed by atoms with Gasteiger partial charge in [0, 0.05) is 4.90 Å². The van der Waals surface area contributed by atoms with Crippen LogP contribution in [0.5, 0.6) is 0 Å². The molecular weight excluding hydrogens is 228 g/mol. The van der Waals surface area contributed by atoms with Gasteiger partial charge in [-0.05, 0) is 48.6 Å². The molecule has 0 bridgehead atoms. The van der Waals surface area contributed by atoms with Crippen molar-refractivity contribution < 1.29 is 5.11 Å². The molecule has 96 valence electrons. The lowest BCUT2D eigenvalue weighted by molar-refractivity contribution is 0.199. The minimum Gasteiger partial charge on any atom is -0.389 e. The average molecular weight is 252 g/mol. The summed E-state index contributed by atoms with van der Waals surface area (Å²) >= 11 is 1.90. The van der Waals surface area contributed by atoms with E-state index in [1.165, 1.54) is 23.5 Å². The molecule has 17 heavy (non-hydrogen) atoms. The molecule has 0 radical (unpaired) electrons. The first-order chi connectivity index (χ1) is 7.88. The topological polar surface area (TPSA) is 20.2 Å². The molecule has 1 unspecified atom stereocenters. The van der Waals surface area contributed by atoms with Crippen LogP contribution in [0.15, 0.2) is 29.2 Å². The Kier molecular flexibility index (Phi) is 5.54. The summed E-state index contributed by atoms with van der Waals surface area (Å²) in [6.45, 7) is 8.66. The second-order valence-electron chi connectivity index (χ2n) is 5.76. The molecule has 1 aromatic carbocycles. The Morgan fingerprint density at radius 2 is 1.76 bits per heavy atom. The Labute approximate surface area is 110 Å². The number of benzene rings is 1. The summed E-state index contributed by atoms with van der Waals surface area (Å²) in [5.74, 6) is 1.17. The van der Waals surface area contributed by atoms with Gasteiger partial charge < -0.3 is 5.11 Å². The second kappa shape index (κ2) is 6.46. The normalized spacial score (nSPS) is 13.7. The molecular formula is C15H24OS. The number of thioether (sulfide) groups is 1. The van der Waals surface area contributed by atoms with Gasteiger partial charge in [0.1, 0.15) is 0 Å². The van der Waals surface area contributed by atoms with Crippen LogP contribution in [0.1, 0.15) is 52.2 Å². The number of rotatable bonds is 5. The fourth-order valence-corrected chi connectivity index (χ4v) is 2.49. The lowest BCUT2D eigenvalue weighted by Gasteiger charge is -2.17. The summed E-state index contributed by atoms with van der Waals surface area (Å²) in [6.07, 6.45) is 2.16. The zero-order valence-electron chi connectivity index (χ0n) is 11.4. The van der Waals surface area contributed by atoms with Crippen molar-refractivity contribution in [3.05, 3.63) is 29.8 Å². The molecule has 0 spiro atoms. The lowest BCUT2D eigenvalue weighted by Crippen LogP contribution is -2.04. The molecule has 0 heterocycles. The van der Waals surface area contributed by atoms with Gasteiger partial charge in [0.25, 0.3) is 0 Å². The van der Waals surface area contributed by atoms with Gasteiger partial charge in [-0.15, -0.1) is 11.8 Å². The molecule has 1 N–H and O–H groups in total. The molecule has 1 rings (SSSR count). The van der Waals surface area contributed by atoms with E-state index in [1.54, 1.807) is 6.92 Å². The fraction of sp³-hybridized carbons (Fsp3) is 0.600. The van der Waals surface area contributed by atoms with Crippen molar-refractivity contribution in [2.24, 2.45) is 5.41 Å². The van der Waals surface area contributed by atoms with Crippen molar-refractivity contribution in [2.45, 2.75) is 51.5 Å². The third kappa shape index (κ3) is 6.13. The van der Waals surface area contributed by atoms with Gasteiger partial charge in [0.05, 0.1) is 6.10 Å². The summed E-state index contributed by atoms with van der Waals surface area (Å²) in [6, 6.07) is 8.22. The maximum absolute atomic E-state index is 9.41. The predicted octanol–water partition coefficient (Wildman–Crippen LogP) is 4.66. The van der Waals surface area contributed by atoms with Crippen LogP contribution in [0.25, 0.3) is 0 Å². The monoisotopic (exact) mass is 252 g/mol. The van der Waals surface area contributed by atoms with Crippen LogP contribution >= 0.6 is 11.8 Å². The highest BCUT2D eigenvalue weighted by Gasteiger charge is 2.09. The molecule has 0 aliphatic heterocycles. The molecule has 1 aromatic rings. The molecule has 1 nitrogen and oxygen atoms in total. The summed E-state index contributed by atoms with van der Waals surface area (Å²) in [5.41, 5.74) is 1.43. The number of aliphatic hydroxyl groups is 1. The standard InChI is InChI=1S/C15H24OS/c1-12(16)13-6-8-14(9-7-13)17-11-5-10-15(2,3)4/h6-9,12,16H,5,10-11H2,1-4H3. The largest absolute Gasteiger partial charge is 0.389 e. The van der Waals surface area contributed by atoms with Crippen LogP contribution in [-0.4, -0.2) is 10.9 Å². The maximum Gasteiger partial charge on any atom is 0.0761 e. The zero-order chi connectivity index (χ0) is 12.9. The number of hydrogen-bond donors (Lipinski definition) is 1. The van der Waals surface area contributed by atoms with E-state index in [9.17, 15) is 5.11 Å². The van der Waals surface area contributed by atoms with Crippen molar-refractivity contribution in [1.82, 2.24) is 0 Å². The van der Waals surface area contributed by atoms with Crippen molar-refractivity contribution in [3.63, 3.8) is 0 Å². The highest BCUT2D eigenvalue weighted by Crippen LogP contribution is 2.25. The average Bonchev–Trinajstić information content (AvgIpc) is 2.24. The van der Waals surface area contributed by atoms with Gasteiger partial charge in [0.2, 0.25) is 0 Å². The Morgan fingerprint density at radius 1 is 1.18 bits per heavy atom. The van der Waals surface area contributed by atoms with Gasteiger partial charge in [-0.1, -0.05) is 32.9 Å². The fourth-order valence-electron chi connectivity index (χ4n) is 1.64. The Bertz CT molecular complexity index is 322. The van der Waals surface area contributed by atoms with Crippen LogP contribution in [0.4, 0.5) is 0 Å². The van der Waals surface area contributed by atoms with Crippen LogP contribution < -0.4 is 0 Å². The molecule has 0 aliphatic rings. The van der Waals surface area contributed by atoms with E-state index >= 15 is 0 Å². The predicted molar refractivity (Wildman–Crippen MR) is 76.5 cm³/mol. The summed E-state index contributed by atoms with van der Waals surface area (Å²) in [5, 5.41) is 9.41. The molecule has 0 saturated carbocycles. The molecule has 2 heteroatoms. The zero-order valence-corrected chi connectivity index (χ0v) is 12.2. The molecule has 1 atom stereocenters. The van der Waals surface area contributed by atoms with Crippen LogP contribution in [0, 0.1) is 5.41 Å². The van der Waals surface area contributed by atoms with E-state index in [-0.39, 0.29) is 6.10 Å². The van der Waals surface area contributed by atoms with Crippen molar-refractivity contribution in [3.8, 4) is 0 Å². The van der Waals surface area contributed by atoms with Crippen LogP contribution in [0.2, 0.25) is 0 Å². The Morgan fingerprint density at radius 3 is 2.24 bits per heavy atom. The van der Waals surface area contributed by atoms with E-state index in [0.717, 1.165) is 5.56 Å². The maximum atomic E-state index is 9.41. The van der Waals surface area contributed by atoms with Crippen molar-refractivity contribution in [1.29, 1.82) is 0 Å². The van der Waals surface area contributed by atoms with Crippen molar-refractivity contribution >= 4 is 11.8 Å². The number of hydrogen-bond acceptors (Lipinski definition) is 2. The van der Waals surface area contributed by atoms with Gasteiger partial charge >= 0.3 is 0 Å². The quantitative estimate of drug-likeness (QED) is 0.607. The van der Waals surface area contributed by atoms with Gasteiger partial charge in [-0.3, -0.25) is 0 Å². The van der Waals surface area contributed by atoms with Crippen LogP contribution in [0.3, 0.4) is 0 Å². The molecule has 0 amide bonds. The minimum absolute atomic E-state index is 0.366. The van der Waals surface area contributed by atoms with Gasteiger partial charge in [0.15, 0.2) is 0 Å². The van der Waals surface area contributed by atoms with E-state index in [1.807, 2.05) is 23.9 Å². The molecule has 0 aromatic heterocycles. The molecule has 0 aliphatic carbocycles. The van der Waals surface area contributed by atoms with Crippen LogP contribution in [-0.2, 0) is 0 Å². The minimum atomic E-state index is -0.366. The highest BCUT2D eigenvalue weighted by molar-refractivity contribution is 7.99. The van der Waals surface area contributed by atoms with E-state index in [2.05, 4.69) is 32.9 Å². The SMILES string of the molecule is CC(O)c1ccc(SCCCC(C)(C)C)cc1. The smallest absolute Gasteiger partial charge is 0.0761 e. The first-order valence-corrected chi connectivity index (χ1v) is 7.28. The van der Waals surface area contributed by atoms with Crippen molar-refractivity contribution in [2.75, 3.05) is 5.75 Å². The number of aliphatic hydroxyl groups excluding tert-OH is 1. The van der Waals surface area contributed by atoms with E-state index in [0.29, 0.717) is 5.41 Å². The third-order valence-corrected chi connectivity index (χ3v) is 3.80. The van der Waals surface area contributed by atoms with E-state index in [4.69, 9.17) is 0 Å².